The van der Waals surface area contributed by atoms with Gasteiger partial charge in [-0.15, -0.1) is 0 Å². The van der Waals surface area contributed by atoms with E-state index in [1.54, 1.807) is 6.20 Å². The van der Waals surface area contributed by atoms with Gasteiger partial charge in [-0.05, 0) is 12.1 Å². The van der Waals surface area contributed by atoms with Crippen LogP contribution in [0.25, 0.3) is 11.1 Å². The van der Waals surface area contributed by atoms with Crippen molar-refractivity contribution in [2.75, 3.05) is 5.73 Å². The second-order valence-electron chi connectivity index (χ2n) is 5.29. The monoisotopic (exact) mass is 230 g/mol. The molecule has 0 saturated heterocycles. The highest BCUT2D eigenvalue weighted by atomic mass is 15.3. The molecule has 17 heavy (non-hydrogen) atoms. The summed E-state index contributed by atoms with van der Waals surface area (Å²) in [4.78, 5) is 4.13. The fourth-order valence-electron chi connectivity index (χ4n) is 1.82. The third kappa shape index (κ3) is 2.30. The van der Waals surface area contributed by atoms with Crippen LogP contribution in [0.15, 0.2) is 24.5 Å². The van der Waals surface area contributed by atoms with Crippen molar-refractivity contribution in [1.82, 2.24) is 14.8 Å². The Labute approximate surface area is 101 Å². The maximum absolute atomic E-state index is 5.60. The van der Waals surface area contributed by atoms with Gasteiger partial charge >= 0.3 is 0 Å². The Bertz CT molecular complexity index is 517. The molecular formula is C13H18N4. The third-order valence-corrected chi connectivity index (χ3v) is 2.64. The van der Waals surface area contributed by atoms with Crippen LogP contribution in [0.1, 0.15) is 26.5 Å². The smallest absolute Gasteiger partial charge is 0.123 e. The van der Waals surface area contributed by atoms with Crippen LogP contribution in [0.2, 0.25) is 0 Å². The van der Waals surface area contributed by atoms with Crippen LogP contribution in [0.4, 0.5) is 5.82 Å². The summed E-state index contributed by atoms with van der Waals surface area (Å²) in [5.74, 6) is 0.537. The first kappa shape index (κ1) is 11.6. The molecule has 2 aromatic rings. The van der Waals surface area contributed by atoms with E-state index in [9.17, 15) is 0 Å². The van der Waals surface area contributed by atoms with E-state index in [1.165, 1.54) is 0 Å². The molecule has 0 aliphatic rings. The number of hydrogen-bond donors (Lipinski definition) is 1. The molecule has 0 atom stereocenters. The molecule has 0 unspecified atom stereocenters. The van der Waals surface area contributed by atoms with Crippen LogP contribution in [-0.4, -0.2) is 14.8 Å². The molecule has 2 N–H and O–H groups in total. The van der Waals surface area contributed by atoms with Crippen molar-refractivity contribution in [3.8, 4) is 11.1 Å². The van der Waals surface area contributed by atoms with Crippen LogP contribution < -0.4 is 5.73 Å². The fourth-order valence-corrected chi connectivity index (χ4v) is 1.82. The SMILES string of the molecule is Cn1cc(-c2ccc(N)nc2)c(C(C)(C)C)n1. The van der Waals surface area contributed by atoms with Crippen molar-refractivity contribution in [3.63, 3.8) is 0 Å². The Morgan fingerprint density at radius 3 is 2.47 bits per heavy atom. The van der Waals surface area contributed by atoms with Gasteiger partial charge in [-0.3, -0.25) is 4.68 Å². The third-order valence-electron chi connectivity index (χ3n) is 2.64. The first-order valence-electron chi connectivity index (χ1n) is 5.64. The molecule has 0 bridgehead atoms. The molecule has 0 amide bonds. The van der Waals surface area contributed by atoms with Crippen LogP contribution in [0, 0.1) is 0 Å². The summed E-state index contributed by atoms with van der Waals surface area (Å²) in [5.41, 5.74) is 8.86. The van der Waals surface area contributed by atoms with Gasteiger partial charge in [0.1, 0.15) is 5.82 Å². The van der Waals surface area contributed by atoms with E-state index >= 15 is 0 Å². The summed E-state index contributed by atoms with van der Waals surface area (Å²) in [6.45, 7) is 6.47. The zero-order valence-electron chi connectivity index (χ0n) is 10.7. The molecule has 0 aliphatic carbocycles. The number of nitrogen functional groups attached to an aromatic ring is 1. The lowest BCUT2D eigenvalue weighted by atomic mass is 9.88. The molecule has 2 heterocycles. The molecule has 90 valence electrons. The lowest BCUT2D eigenvalue weighted by Crippen LogP contribution is -2.13. The Morgan fingerprint density at radius 2 is 1.94 bits per heavy atom. The molecule has 4 nitrogen and oxygen atoms in total. The lowest BCUT2D eigenvalue weighted by Gasteiger charge is -2.17. The van der Waals surface area contributed by atoms with Gasteiger partial charge < -0.3 is 5.73 Å². The quantitative estimate of drug-likeness (QED) is 0.818. The summed E-state index contributed by atoms with van der Waals surface area (Å²) in [6, 6.07) is 3.80. The number of aromatic nitrogens is 3. The van der Waals surface area contributed by atoms with Crippen LogP contribution >= 0.6 is 0 Å². The van der Waals surface area contributed by atoms with Crippen molar-refractivity contribution in [2.45, 2.75) is 26.2 Å². The van der Waals surface area contributed by atoms with E-state index in [2.05, 4.69) is 30.9 Å². The minimum absolute atomic E-state index is 0.0119. The van der Waals surface area contributed by atoms with Gasteiger partial charge in [0.05, 0.1) is 5.69 Å². The Hall–Kier alpha value is -1.84. The Morgan fingerprint density at radius 1 is 1.24 bits per heavy atom. The van der Waals surface area contributed by atoms with E-state index in [4.69, 9.17) is 5.73 Å². The number of pyridine rings is 1. The van der Waals surface area contributed by atoms with Crippen molar-refractivity contribution >= 4 is 5.82 Å². The lowest BCUT2D eigenvalue weighted by molar-refractivity contribution is 0.554. The zero-order valence-corrected chi connectivity index (χ0v) is 10.7. The predicted molar refractivity (Wildman–Crippen MR) is 69.6 cm³/mol. The van der Waals surface area contributed by atoms with E-state index < -0.39 is 0 Å². The highest BCUT2D eigenvalue weighted by Crippen LogP contribution is 2.31. The Balaban J connectivity index is 2.55. The van der Waals surface area contributed by atoms with Crippen molar-refractivity contribution in [2.24, 2.45) is 7.05 Å². The number of hydrogen-bond acceptors (Lipinski definition) is 3. The summed E-state index contributed by atoms with van der Waals surface area (Å²) in [5, 5.41) is 4.54. The number of rotatable bonds is 1. The fraction of sp³-hybridized carbons (Fsp3) is 0.385. The van der Waals surface area contributed by atoms with Gasteiger partial charge in [-0.25, -0.2) is 4.98 Å². The average Bonchev–Trinajstić information content (AvgIpc) is 2.61. The minimum Gasteiger partial charge on any atom is -0.384 e. The number of aryl methyl sites for hydroxylation is 1. The summed E-state index contributed by atoms with van der Waals surface area (Å²) in [6.07, 6.45) is 3.81. The summed E-state index contributed by atoms with van der Waals surface area (Å²) in [7, 11) is 1.93. The molecule has 0 spiro atoms. The first-order valence-corrected chi connectivity index (χ1v) is 5.64. The molecule has 0 radical (unpaired) electrons. The van der Waals surface area contributed by atoms with Gasteiger partial charge in [-0.2, -0.15) is 5.10 Å². The highest BCUT2D eigenvalue weighted by molar-refractivity contribution is 5.66. The van der Waals surface area contributed by atoms with Crippen LogP contribution in [0.3, 0.4) is 0 Å². The van der Waals surface area contributed by atoms with Gasteiger partial charge in [0.25, 0.3) is 0 Å². The van der Waals surface area contributed by atoms with Crippen molar-refractivity contribution < 1.29 is 0 Å². The van der Waals surface area contributed by atoms with Crippen LogP contribution in [0.5, 0.6) is 0 Å². The van der Waals surface area contributed by atoms with Crippen molar-refractivity contribution in [1.29, 1.82) is 0 Å². The summed E-state index contributed by atoms with van der Waals surface area (Å²) >= 11 is 0. The number of nitrogens with two attached hydrogens (primary N) is 1. The van der Waals surface area contributed by atoms with E-state index in [1.807, 2.05) is 30.1 Å². The maximum Gasteiger partial charge on any atom is 0.123 e. The van der Waals surface area contributed by atoms with E-state index in [0.29, 0.717) is 5.82 Å². The van der Waals surface area contributed by atoms with Gasteiger partial charge in [0.15, 0.2) is 0 Å². The van der Waals surface area contributed by atoms with Gasteiger partial charge in [0.2, 0.25) is 0 Å². The molecule has 0 aromatic carbocycles. The maximum atomic E-state index is 5.60. The second-order valence-corrected chi connectivity index (χ2v) is 5.29. The first-order chi connectivity index (χ1) is 7.88. The minimum atomic E-state index is 0.0119. The van der Waals surface area contributed by atoms with E-state index in [-0.39, 0.29) is 5.41 Å². The molecule has 4 heteroatoms. The number of nitrogens with zero attached hydrogens (tertiary/aromatic N) is 3. The molecule has 2 rings (SSSR count). The summed E-state index contributed by atoms with van der Waals surface area (Å²) < 4.78 is 1.84. The largest absolute Gasteiger partial charge is 0.384 e. The topological polar surface area (TPSA) is 56.7 Å². The average molecular weight is 230 g/mol. The second kappa shape index (κ2) is 3.87. The van der Waals surface area contributed by atoms with Crippen LogP contribution in [-0.2, 0) is 12.5 Å². The van der Waals surface area contributed by atoms with Gasteiger partial charge in [0, 0.05) is 36.0 Å². The van der Waals surface area contributed by atoms with Crippen molar-refractivity contribution in [3.05, 3.63) is 30.2 Å². The highest BCUT2D eigenvalue weighted by Gasteiger charge is 2.22. The van der Waals surface area contributed by atoms with Gasteiger partial charge in [-0.1, -0.05) is 20.8 Å². The van der Waals surface area contributed by atoms with E-state index in [0.717, 1.165) is 16.8 Å². The Kier molecular flexibility index (Phi) is 2.65. The molecule has 0 fully saturated rings. The normalized spacial score (nSPS) is 11.8. The zero-order chi connectivity index (χ0) is 12.6. The molecular weight excluding hydrogens is 212 g/mol. The molecule has 2 aromatic heterocycles. The molecule has 0 saturated carbocycles. The molecule has 0 aliphatic heterocycles. The standard InChI is InChI=1S/C13H18N4/c1-13(2,3)12-10(8-17(4)16-12)9-5-6-11(14)15-7-9/h5-8H,1-4H3,(H2,14,15). The predicted octanol–water partition coefficient (Wildman–Crippen LogP) is 2.36. The number of anilines is 1.